The van der Waals surface area contributed by atoms with Crippen LogP contribution < -0.4 is 5.32 Å². The Balaban J connectivity index is 1.94. The lowest BCUT2D eigenvalue weighted by atomic mass is 10.2. The van der Waals surface area contributed by atoms with Gasteiger partial charge in [0.1, 0.15) is 0 Å². The lowest BCUT2D eigenvalue weighted by Crippen LogP contribution is -2.20. The number of carbonyl (C=O) groups excluding carboxylic acids is 1. The summed E-state index contributed by atoms with van der Waals surface area (Å²) in [5.74, 6) is 1.10. The summed E-state index contributed by atoms with van der Waals surface area (Å²) in [5, 5.41) is 3.00. The van der Waals surface area contributed by atoms with Gasteiger partial charge in [0.25, 0.3) is 0 Å². The normalized spacial score (nSPS) is 19.9. The smallest absolute Gasteiger partial charge is 0.233 e. The highest BCUT2D eigenvalue weighted by atomic mass is 79.9. The van der Waals surface area contributed by atoms with Gasteiger partial charge in [-0.2, -0.15) is 0 Å². The third-order valence-corrected chi connectivity index (χ3v) is 4.91. The number of hydrogen-bond donors (Lipinski definition) is 1. The molecule has 2 rings (SSSR count). The Bertz CT molecular complexity index is 408. The number of nitrogens with one attached hydrogen (secondary N) is 1. The molecule has 1 fully saturated rings. The summed E-state index contributed by atoms with van der Waals surface area (Å²) < 4.78 is 1.14. The van der Waals surface area contributed by atoms with Crippen LogP contribution in [-0.2, 0) is 10.5 Å². The second-order valence-corrected chi connectivity index (χ2v) is 6.01. The Kier molecular flexibility index (Phi) is 3.92. The molecule has 0 spiro atoms. The van der Waals surface area contributed by atoms with E-state index in [2.05, 4.69) is 46.4 Å². The van der Waals surface area contributed by atoms with Gasteiger partial charge >= 0.3 is 0 Å². The Hall–Kier alpha value is -0.480. The van der Waals surface area contributed by atoms with Crippen molar-refractivity contribution in [2.75, 3.05) is 6.54 Å². The lowest BCUT2D eigenvalue weighted by Gasteiger charge is -2.07. The van der Waals surface area contributed by atoms with Crippen LogP contribution in [0.25, 0.3) is 0 Å². The molecule has 1 atom stereocenters. The van der Waals surface area contributed by atoms with Crippen LogP contribution in [0.1, 0.15) is 17.5 Å². The van der Waals surface area contributed by atoms with E-state index in [0.29, 0.717) is 0 Å². The first kappa shape index (κ1) is 12.0. The first-order valence-electron chi connectivity index (χ1n) is 5.31. The minimum Gasteiger partial charge on any atom is -0.355 e. The molecule has 0 aromatic heterocycles. The molecular formula is C12H14BrNOS. The van der Waals surface area contributed by atoms with Gasteiger partial charge in [-0.05, 0) is 30.5 Å². The summed E-state index contributed by atoms with van der Waals surface area (Å²) in [6.45, 7) is 2.91. The molecule has 0 saturated carbocycles. The Labute approximate surface area is 108 Å². The van der Waals surface area contributed by atoms with Crippen LogP contribution in [-0.4, -0.2) is 17.7 Å². The highest BCUT2D eigenvalue weighted by Crippen LogP contribution is 2.25. The van der Waals surface area contributed by atoms with E-state index in [4.69, 9.17) is 0 Å². The molecule has 2 nitrogen and oxygen atoms in total. The molecule has 86 valence electrons. The molecule has 0 unspecified atom stereocenters. The number of amides is 1. The molecule has 0 bridgehead atoms. The molecule has 4 heteroatoms. The second kappa shape index (κ2) is 5.23. The Morgan fingerprint density at radius 3 is 3.00 bits per heavy atom. The minimum atomic E-state index is 0.143. The molecule has 0 aliphatic carbocycles. The van der Waals surface area contributed by atoms with Crippen LogP contribution in [0.5, 0.6) is 0 Å². The molecule has 1 aromatic rings. The molecule has 1 aliphatic rings. The summed E-state index contributed by atoms with van der Waals surface area (Å²) >= 11 is 5.22. The van der Waals surface area contributed by atoms with E-state index in [1.165, 1.54) is 11.1 Å². The van der Waals surface area contributed by atoms with E-state index in [0.717, 1.165) is 23.2 Å². The Morgan fingerprint density at radius 2 is 2.38 bits per heavy atom. The van der Waals surface area contributed by atoms with Gasteiger partial charge in [0.05, 0.1) is 5.25 Å². The van der Waals surface area contributed by atoms with Crippen molar-refractivity contribution in [2.45, 2.75) is 24.3 Å². The number of thioether (sulfide) groups is 1. The molecule has 1 heterocycles. The number of aryl methyl sites for hydroxylation is 1. The van der Waals surface area contributed by atoms with E-state index in [1.54, 1.807) is 11.8 Å². The van der Waals surface area contributed by atoms with Crippen LogP contribution >= 0.6 is 27.7 Å². The van der Waals surface area contributed by atoms with E-state index in [9.17, 15) is 4.79 Å². The van der Waals surface area contributed by atoms with Crippen LogP contribution in [0, 0.1) is 6.92 Å². The van der Waals surface area contributed by atoms with E-state index in [1.807, 2.05) is 0 Å². The van der Waals surface area contributed by atoms with Crippen molar-refractivity contribution in [3.05, 3.63) is 33.8 Å². The van der Waals surface area contributed by atoms with Gasteiger partial charge in [0.2, 0.25) is 5.91 Å². The van der Waals surface area contributed by atoms with Crippen molar-refractivity contribution >= 4 is 33.6 Å². The van der Waals surface area contributed by atoms with Gasteiger partial charge in [-0.25, -0.2) is 0 Å². The number of hydrogen-bond acceptors (Lipinski definition) is 2. The van der Waals surface area contributed by atoms with Gasteiger partial charge in [-0.3, -0.25) is 4.79 Å². The van der Waals surface area contributed by atoms with Crippen LogP contribution in [0.15, 0.2) is 22.7 Å². The SMILES string of the molecule is Cc1cc(CS[C@H]2CCNC2=O)ccc1Br. The minimum absolute atomic E-state index is 0.143. The highest BCUT2D eigenvalue weighted by Gasteiger charge is 2.23. The van der Waals surface area contributed by atoms with Gasteiger partial charge in [0, 0.05) is 16.8 Å². The fourth-order valence-corrected chi connectivity index (χ4v) is 3.06. The molecule has 1 aromatic carbocycles. The largest absolute Gasteiger partial charge is 0.355 e. The molecular weight excluding hydrogens is 286 g/mol. The van der Waals surface area contributed by atoms with E-state index in [-0.39, 0.29) is 11.2 Å². The van der Waals surface area contributed by atoms with Crippen molar-refractivity contribution in [3.8, 4) is 0 Å². The van der Waals surface area contributed by atoms with Crippen molar-refractivity contribution in [2.24, 2.45) is 0 Å². The maximum absolute atomic E-state index is 11.4. The van der Waals surface area contributed by atoms with Crippen molar-refractivity contribution in [1.82, 2.24) is 5.32 Å². The zero-order chi connectivity index (χ0) is 11.5. The first-order valence-corrected chi connectivity index (χ1v) is 7.15. The van der Waals surface area contributed by atoms with Gasteiger partial charge in [0.15, 0.2) is 0 Å². The molecule has 0 radical (unpaired) electrons. The maximum atomic E-state index is 11.4. The zero-order valence-corrected chi connectivity index (χ0v) is 11.5. The van der Waals surface area contributed by atoms with Crippen molar-refractivity contribution in [3.63, 3.8) is 0 Å². The van der Waals surface area contributed by atoms with E-state index < -0.39 is 0 Å². The van der Waals surface area contributed by atoms with Crippen molar-refractivity contribution in [1.29, 1.82) is 0 Å². The fraction of sp³-hybridized carbons (Fsp3) is 0.417. The highest BCUT2D eigenvalue weighted by molar-refractivity contribution is 9.10. The van der Waals surface area contributed by atoms with Crippen molar-refractivity contribution < 1.29 is 4.79 Å². The second-order valence-electron chi connectivity index (χ2n) is 3.96. The topological polar surface area (TPSA) is 29.1 Å². The van der Waals surface area contributed by atoms with E-state index >= 15 is 0 Å². The molecule has 1 N–H and O–H groups in total. The van der Waals surface area contributed by atoms with Gasteiger partial charge < -0.3 is 5.32 Å². The quantitative estimate of drug-likeness (QED) is 0.930. The number of rotatable bonds is 3. The third-order valence-electron chi connectivity index (χ3n) is 2.67. The number of halogens is 1. The average Bonchev–Trinajstić information content (AvgIpc) is 2.66. The van der Waals surface area contributed by atoms with Crippen LogP contribution in [0.4, 0.5) is 0 Å². The summed E-state index contributed by atoms with van der Waals surface area (Å²) in [6, 6.07) is 6.35. The number of benzene rings is 1. The standard InChI is InChI=1S/C12H14BrNOS/c1-8-6-9(2-3-10(8)13)7-16-11-4-5-14-12(11)15/h2-3,6,11H,4-5,7H2,1H3,(H,14,15)/t11-/m0/s1. The third kappa shape index (κ3) is 2.80. The zero-order valence-electron chi connectivity index (χ0n) is 9.13. The van der Waals surface area contributed by atoms with Crippen LogP contribution in [0.2, 0.25) is 0 Å². The van der Waals surface area contributed by atoms with Gasteiger partial charge in [-0.15, -0.1) is 11.8 Å². The summed E-state index contributed by atoms with van der Waals surface area (Å²) in [5.41, 5.74) is 2.53. The lowest BCUT2D eigenvalue weighted by molar-refractivity contribution is -0.118. The molecule has 1 saturated heterocycles. The number of carbonyl (C=O) groups is 1. The Morgan fingerprint density at radius 1 is 1.56 bits per heavy atom. The fourth-order valence-electron chi connectivity index (χ4n) is 1.72. The summed E-state index contributed by atoms with van der Waals surface area (Å²) in [6.07, 6.45) is 0.957. The average molecular weight is 300 g/mol. The van der Waals surface area contributed by atoms with Crippen LogP contribution in [0.3, 0.4) is 0 Å². The van der Waals surface area contributed by atoms with Gasteiger partial charge in [-0.1, -0.05) is 28.1 Å². The molecule has 16 heavy (non-hydrogen) atoms. The first-order chi connectivity index (χ1) is 7.66. The maximum Gasteiger partial charge on any atom is 0.233 e. The molecule has 1 aliphatic heterocycles. The monoisotopic (exact) mass is 299 g/mol. The summed E-state index contributed by atoms with van der Waals surface area (Å²) in [7, 11) is 0. The summed E-state index contributed by atoms with van der Waals surface area (Å²) in [4.78, 5) is 11.4. The molecule has 1 amide bonds. The predicted octanol–water partition coefficient (Wildman–Crippen LogP) is 2.88. The predicted molar refractivity (Wildman–Crippen MR) is 71.6 cm³/mol.